The Balaban J connectivity index is 2.41. The van der Waals surface area contributed by atoms with E-state index in [1.807, 2.05) is 12.1 Å². The Labute approximate surface area is 116 Å². The van der Waals surface area contributed by atoms with Gasteiger partial charge in [-0.1, -0.05) is 6.07 Å². The summed E-state index contributed by atoms with van der Waals surface area (Å²) in [4.78, 5) is 0.844. The molecule has 0 aliphatic heterocycles. The first kappa shape index (κ1) is 12.7. The van der Waals surface area contributed by atoms with E-state index in [0.29, 0.717) is 11.1 Å². The van der Waals surface area contributed by atoms with Crippen molar-refractivity contribution < 1.29 is 10.2 Å². The van der Waals surface area contributed by atoms with Crippen LogP contribution >= 0.6 is 27.3 Å². The number of benzene rings is 1. The minimum absolute atomic E-state index is 0.176. The zero-order valence-electron chi connectivity index (χ0n) is 9.09. The number of hydrogen-bond acceptors (Lipinski definition) is 4. The first-order valence-electron chi connectivity index (χ1n) is 4.99. The molecule has 3 nitrogen and oxygen atoms in total. The number of phenolic OH excluding ortho intramolecular Hbond substituents is 2. The van der Waals surface area contributed by atoms with Gasteiger partial charge in [0.15, 0.2) is 11.5 Å². The average molecular weight is 322 g/mol. The van der Waals surface area contributed by atoms with Gasteiger partial charge in [0.25, 0.3) is 0 Å². The maximum Gasteiger partial charge on any atom is 0.157 e. The van der Waals surface area contributed by atoms with Gasteiger partial charge < -0.3 is 10.2 Å². The fourth-order valence-corrected chi connectivity index (χ4v) is 2.77. The van der Waals surface area contributed by atoms with Gasteiger partial charge in [0, 0.05) is 4.88 Å². The van der Waals surface area contributed by atoms with E-state index in [-0.39, 0.29) is 11.5 Å². The standard InChI is InChI=1S/C13H8BrNO2S/c14-13-4-3-12(18-13)9(7-15)5-8-1-2-10(16)11(17)6-8/h1-6,16-17H/b9-5+. The minimum Gasteiger partial charge on any atom is -0.504 e. The van der Waals surface area contributed by atoms with Crippen molar-refractivity contribution in [3.05, 3.63) is 44.6 Å². The van der Waals surface area contributed by atoms with Crippen LogP contribution in [-0.4, -0.2) is 10.2 Å². The van der Waals surface area contributed by atoms with Crippen LogP contribution in [0.4, 0.5) is 0 Å². The van der Waals surface area contributed by atoms with Crippen LogP contribution in [0.1, 0.15) is 10.4 Å². The second-order valence-corrected chi connectivity index (χ2v) is 5.98. The van der Waals surface area contributed by atoms with Crippen molar-refractivity contribution in [3.8, 4) is 17.6 Å². The Kier molecular flexibility index (Phi) is 3.70. The zero-order chi connectivity index (χ0) is 13.1. The summed E-state index contributed by atoms with van der Waals surface area (Å²) in [6.45, 7) is 0. The van der Waals surface area contributed by atoms with Crippen LogP contribution in [0.5, 0.6) is 11.5 Å². The molecule has 1 heterocycles. The molecule has 0 saturated heterocycles. The van der Waals surface area contributed by atoms with Gasteiger partial charge in [0.05, 0.1) is 9.36 Å². The maximum atomic E-state index is 9.39. The Hall–Kier alpha value is -1.77. The molecule has 2 N–H and O–H groups in total. The number of rotatable bonds is 2. The minimum atomic E-state index is -0.201. The van der Waals surface area contributed by atoms with Crippen LogP contribution in [0.2, 0.25) is 0 Å². The van der Waals surface area contributed by atoms with Gasteiger partial charge in [-0.2, -0.15) is 5.26 Å². The Morgan fingerprint density at radius 3 is 2.56 bits per heavy atom. The van der Waals surface area contributed by atoms with Gasteiger partial charge >= 0.3 is 0 Å². The lowest BCUT2D eigenvalue weighted by Crippen LogP contribution is -1.78. The van der Waals surface area contributed by atoms with Gasteiger partial charge in [0.1, 0.15) is 6.07 Å². The van der Waals surface area contributed by atoms with Gasteiger partial charge in [-0.05, 0) is 51.8 Å². The fourth-order valence-electron chi connectivity index (χ4n) is 1.41. The predicted octanol–water partition coefficient (Wildman–Crippen LogP) is 3.99. The quantitative estimate of drug-likeness (QED) is 0.649. The molecule has 5 heteroatoms. The summed E-state index contributed by atoms with van der Waals surface area (Å²) in [7, 11) is 0. The average Bonchev–Trinajstić information content (AvgIpc) is 2.77. The number of nitrogens with zero attached hydrogens (tertiary/aromatic N) is 1. The third-order valence-corrected chi connectivity index (χ3v) is 3.93. The molecule has 0 fully saturated rings. The highest BCUT2D eigenvalue weighted by Crippen LogP contribution is 2.31. The highest BCUT2D eigenvalue weighted by Gasteiger charge is 2.05. The highest BCUT2D eigenvalue weighted by atomic mass is 79.9. The normalized spacial score (nSPS) is 11.2. The lowest BCUT2D eigenvalue weighted by atomic mass is 10.1. The van der Waals surface area contributed by atoms with E-state index in [0.717, 1.165) is 8.66 Å². The maximum absolute atomic E-state index is 9.39. The van der Waals surface area contributed by atoms with Crippen molar-refractivity contribution in [2.24, 2.45) is 0 Å². The van der Waals surface area contributed by atoms with Crippen LogP contribution < -0.4 is 0 Å². The first-order valence-corrected chi connectivity index (χ1v) is 6.60. The zero-order valence-corrected chi connectivity index (χ0v) is 11.5. The molecule has 18 heavy (non-hydrogen) atoms. The number of thiophene rings is 1. The van der Waals surface area contributed by atoms with Gasteiger partial charge in [-0.3, -0.25) is 0 Å². The van der Waals surface area contributed by atoms with Crippen LogP contribution in [-0.2, 0) is 0 Å². The van der Waals surface area contributed by atoms with E-state index in [1.165, 1.54) is 23.5 Å². The summed E-state index contributed by atoms with van der Waals surface area (Å²) in [6.07, 6.45) is 1.66. The first-order chi connectivity index (χ1) is 8.60. The Bertz CT molecular complexity index is 655. The van der Waals surface area contributed by atoms with Gasteiger partial charge in [-0.25, -0.2) is 0 Å². The SMILES string of the molecule is N#C/C(=C\c1ccc(O)c(O)c1)c1ccc(Br)s1. The van der Waals surface area contributed by atoms with Crippen LogP contribution in [0.3, 0.4) is 0 Å². The smallest absolute Gasteiger partial charge is 0.157 e. The van der Waals surface area contributed by atoms with Crippen LogP contribution in [0, 0.1) is 11.3 Å². The van der Waals surface area contributed by atoms with Crippen molar-refractivity contribution in [3.63, 3.8) is 0 Å². The van der Waals surface area contributed by atoms with Crippen molar-refractivity contribution in [1.82, 2.24) is 0 Å². The number of halogens is 1. The summed E-state index contributed by atoms with van der Waals surface area (Å²) in [5.74, 6) is -0.377. The monoisotopic (exact) mass is 321 g/mol. The molecule has 0 spiro atoms. The molecule has 0 unspecified atom stereocenters. The number of aromatic hydroxyl groups is 2. The number of hydrogen-bond donors (Lipinski definition) is 2. The third-order valence-electron chi connectivity index (χ3n) is 2.27. The lowest BCUT2D eigenvalue weighted by molar-refractivity contribution is 0.403. The summed E-state index contributed by atoms with van der Waals surface area (Å²) in [6, 6.07) is 10.3. The van der Waals surface area contributed by atoms with Crippen molar-refractivity contribution in [1.29, 1.82) is 5.26 Å². The second kappa shape index (κ2) is 5.25. The summed E-state index contributed by atoms with van der Waals surface area (Å²) in [5.41, 5.74) is 1.17. The van der Waals surface area contributed by atoms with Gasteiger partial charge in [0.2, 0.25) is 0 Å². The molecule has 0 radical (unpaired) electrons. The van der Waals surface area contributed by atoms with E-state index in [4.69, 9.17) is 5.26 Å². The van der Waals surface area contributed by atoms with Crippen molar-refractivity contribution >= 4 is 38.9 Å². The Morgan fingerprint density at radius 1 is 1.22 bits per heavy atom. The molecule has 0 saturated carbocycles. The Morgan fingerprint density at radius 2 is 2.00 bits per heavy atom. The predicted molar refractivity (Wildman–Crippen MR) is 75.3 cm³/mol. The highest BCUT2D eigenvalue weighted by molar-refractivity contribution is 9.11. The molecule has 2 aromatic rings. The molecule has 0 aliphatic carbocycles. The van der Waals surface area contributed by atoms with E-state index < -0.39 is 0 Å². The molecular weight excluding hydrogens is 314 g/mol. The van der Waals surface area contributed by atoms with Crippen LogP contribution in [0.25, 0.3) is 11.6 Å². The van der Waals surface area contributed by atoms with E-state index in [1.54, 1.807) is 12.1 Å². The molecule has 1 aromatic heterocycles. The molecule has 1 aromatic carbocycles. The molecule has 0 bridgehead atoms. The molecule has 0 amide bonds. The van der Waals surface area contributed by atoms with E-state index in [9.17, 15) is 10.2 Å². The summed E-state index contributed by atoms with van der Waals surface area (Å²) >= 11 is 4.81. The second-order valence-electron chi connectivity index (χ2n) is 3.52. The third kappa shape index (κ3) is 2.73. The van der Waals surface area contributed by atoms with Crippen molar-refractivity contribution in [2.45, 2.75) is 0 Å². The number of allylic oxidation sites excluding steroid dienone is 1. The molecule has 90 valence electrons. The van der Waals surface area contributed by atoms with Crippen LogP contribution in [0.15, 0.2) is 34.1 Å². The topological polar surface area (TPSA) is 64.2 Å². The molecular formula is C13H8BrNO2S. The summed E-state index contributed by atoms with van der Waals surface area (Å²) in [5, 5.41) is 27.7. The van der Waals surface area contributed by atoms with Gasteiger partial charge in [-0.15, -0.1) is 11.3 Å². The number of phenols is 2. The summed E-state index contributed by atoms with van der Waals surface area (Å²) < 4.78 is 0.951. The molecule has 2 rings (SSSR count). The van der Waals surface area contributed by atoms with Crippen molar-refractivity contribution in [2.75, 3.05) is 0 Å². The molecule has 0 aliphatic rings. The number of nitriles is 1. The largest absolute Gasteiger partial charge is 0.504 e. The molecule has 0 atom stereocenters. The van der Waals surface area contributed by atoms with E-state index >= 15 is 0 Å². The fraction of sp³-hybridized carbons (Fsp3) is 0. The lowest BCUT2D eigenvalue weighted by Gasteiger charge is -1.99. The van der Waals surface area contributed by atoms with E-state index in [2.05, 4.69) is 22.0 Å².